The molecule has 0 heterocycles. The van der Waals surface area contributed by atoms with Crippen molar-refractivity contribution in [3.8, 4) is 0 Å². The van der Waals surface area contributed by atoms with Gasteiger partial charge in [-0.2, -0.15) is 0 Å². The first kappa shape index (κ1) is 13.6. The normalized spacial score (nSPS) is 14.3. The molecule has 1 atom stereocenters. The van der Waals surface area contributed by atoms with Crippen LogP contribution >= 0.6 is 0 Å². The maximum absolute atomic E-state index is 13.7. The fourth-order valence-corrected chi connectivity index (χ4v) is 1.58. The number of methoxy groups -OCH3 is 1. The van der Waals surface area contributed by atoms with E-state index < -0.39 is 17.3 Å². The standard InChI is InChI=1S/C12H17FN2O2/c1-12(11(14)16,15-7-8-17-2)9-5-3-4-6-10(9)13/h3-6,15H,7-8H2,1-2H3,(H2,14,16). The van der Waals surface area contributed by atoms with E-state index in [2.05, 4.69) is 5.32 Å². The fourth-order valence-electron chi connectivity index (χ4n) is 1.58. The van der Waals surface area contributed by atoms with Crippen LogP contribution in [0.3, 0.4) is 0 Å². The molecule has 5 heteroatoms. The molecule has 1 amide bonds. The Balaban J connectivity index is 2.99. The highest BCUT2D eigenvalue weighted by atomic mass is 19.1. The van der Waals surface area contributed by atoms with Gasteiger partial charge in [0.25, 0.3) is 0 Å². The molecule has 1 unspecified atom stereocenters. The quantitative estimate of drug-likeness (QED) is 0.722. The molecule has 0 aromatic heterocycles. The second-order valence-corrected chi connectivity index (χ2v) is 3.89. The molecule has 0 bridgehead atoms. The third-order valence-corrected chi connectivity index (χ3v) is 2.69. The summed E-state index contributed by atoms with van der Waals surface area (Å²) in [7, 11) is 1.55. The zero-order chi connectivity index (χ0) is 12.9. The average molecular weight is 240 g/mol. The number of ether oxygens (including phenoxy) is 1. The molecule has 0 radical (unpaired) electrons. The number of carbonyl (C=O) groups is 1. The lowest BCUT2D eigenvalue weighted by atomic mass is 9.90. The highest BCUT2D eigenvalue weighted by Gasteiger charge is 2.34. The van der Waals surface area contributed by atoms with Gasteiger partial charge in [-0.1, -0.05) is 18.2 Å². The maximum Gasteiger partial charge on any atom is 0.242 e. The molecule has 0 aliphatic heterocycles. The third-order valence-electron chi connectivity index (χ3n) is 2.69. The first-order chi connectivity index (χ1) is 8.02. The van der Waals surface area contributed by atoms with Gasteiger partial charge < -0.3 is 10.5 Å². The molecule has 0 saturated heterocycles. The van der Waals surface area contributed by atoms with Gasteiger partial charge in [-0.3, -0.25) is 10.1 Å². The summed E-state index contributed by atoms with van der Waals surface area (Å²) in [6.45, 7) is 2.38. The van der Waals surface area contributed by atoms with E-state index in [1.165, 1.54) is 6.07 Å². The Morgan fingerprint density at radius 3 is 2.71 bits per heavy atom. The van der Waals surface area contributed by atoms with E-state index in [1.807, 2.05) is 0 Å². The Morgan fingerprint density at radius 1 is 1.53 bits per heavy atom. The number of nitrogens with two attached hydrogens (primary N) is 1. The van der Waals surface area contributed by atoms with E-state index in [1.54, 1.807) is 32.2 Å². The summed E-state index contributed by atoms with van der Waals surface area (Å²) in [5.74, 6) is -1.09. The van der Waals surface area contributed by atoms with Crippen LogP contribution in [-0.2, 0) is 15.1 Å². The third kappa shape index (κ3) is 3.01. The molecular formula is C12H17FN2O2. The zero-order valence-corrected chi connectivity index (χ0v) is 10.00. The van der Waals surface area contributed by atoms with Crippen molar-refractivity contribution in [1.29, 1.82) is 0 Å². The Labute approximate surface area is 100.0 Å². The molecule has 0 aliphatic rings. The number of nitrogens with one attached hydrogen (secondary N) is 1. The van der Waals surface area contributed by atoms with Gasteiger partial charge in [-0.25, -0.2) is 4.39 Å². The summed E-state index contributed by atoms with van der Waals surface area (Å²) in [5, 5.41) is 2.91. The smallest absolute Gasteiger partial charge is 0.242 e. The van der Waals surface area contributed by atoms with Crippen molar-refractivity contribution < 1.29 is 13.9 Å². The molecule has 3 N–H and O–H groups in total. The van der Waals surface area contributed by atoms with Crippen molar-refractivity contribution in [2.45, 2.75) is 12.5 Å². The van der Waals surface area contributed by atoms with Crippen molar-refractivity contribution in [2.75, 3.05) is 20.3 Å². The molecule has 0 aliphatic carbocycles. The van der Waals surface area contributed by atoms with Crippen LogP contribution < -0.4 is 11.1 Å². The second-order valence-electron chi connectivity index (χ2n) is 3.89. The minimum Gasteiger partial charge on any atom is -0.383 e. The molecule has 1 aromatic rings. The van der Waals surface area contributed by atoms with Gasteiger partial charge in [0.05, 0.1) is 6.61 Å². The summed E-state index contributed by atoms with van der Waals surface area (Å²) >= 11 is 0. The van der Waals surface area contributed by atoms with Crippen LogP contribution in [0.5, 0.6) is 0 Å². The first-order valence-corrected chi connectivity index (χ1v) is 5.31. The average Bonchev–Trinajstić information content (AvgIpc) is 2.29. The van der Waals surface area contributed by atoms with Crippen molar-refractivity contribution in [2.24, 2.45) is 5.73 Å². The Kier molecular flexibility index (Phi) is 4.60. The molecule has 1 aromatic carbocycles. The lowest BCUT2D eigenvalue weighted by Gasteiger charge is -2.28. The fraction of sp³-hybridized carbons (Fsp3) is 0.417. The number of benzene rings is 1. The van der Waals surface area contributed by atoms with Gasteiger partial charge in [0.2, 0.25) is 5.91 Å². The number of hydrogen-bond acceptors (Lipinski definition) is 3. The van der Waals surface area contributed by atoms with Gasteiger partial charge >= 0.3 is 0 Å². The van der Waals surface area contributed by atoms with E-state index in [-0.39, 0.29) is 5.56 Å². The minimum atomic E-state index is -1.23. The predicted octanol–water partition coefficient (Wildman–Crippen LogP) is 0.762. The summed E-state index contributed by atoms with van der Waals surface area (Å²) in [4.78, 5) is 11.5. The lowest BCUT2D eigenvalue weighted by molar-refractivity contribution is -0.124. The van der Waals surface area contributed by atoms with Crippen LogP contribution in [0.2, 0.25) is 0 Å². The number of carbonyl (C=O) groups excluding carboxylic acids is 1. The van der Waals surface area contributed by atoms with Crippen molar-refractivity contribution in [1.82, 2.24) is 5.32 Å². The molecule has 0 fully saturated rings. The highest BCUT2D eigenvalue weighted by molar-refractivity contribution is 5.85. The molecular weight excluding hydrogens is 223 g/mol. The van der Waals surface area contributed by atoms with E-state index in [0.29, 0.717) is 13.2 Å². The molecule has 0 saturated carbocycles. The Morgan fingerprint density at radius 2 is 2.18 bits per heavy atom. The van der Waals surface area contributed by atoms with Crippen molar-refractivity contribution >= 4 is 5.91 Å². The van der Waals surface area contributed by atoms with Crippen LogP contribution in [-0.4, -0.2) is 26.2 Å². The first-order valence-electron chi connectivity index (χ1n) is 5.31. The van der Waals surface area contributed by atoms with Gasteiger partial charge in [-0.05, 0) is 13.0 Å². The van der Waals surface area contributed by atoms with E-state index >= 15 is 0 Å². The number of primary amides is 1. The Bertz CT molecular complexity index is 398. The van der Waals surface area contributed by atoms with Gasteiger partial charge in [0, 0.05) is 19.2 Å². The van der Waals surface area contributed by atoms with Crippen LogP contribution in [0.15, 0.2) is 24.3 Å². The Hall–Kier alpha value is -1.46. The predicted molar refractivity (Wildman–Crippen MR) is 62.8 cm³/mol. The minimum absolute atomic E-state index is 0.239. The van der Waals surface area contributed by atoms with Gasteiger partial charge in [0.15, 0.2) is 0 Å². The molecule has 0 spiro atoms. The second kappa shape index (κ2) is 5.75. The van der Waals surface area contributed by atoms with Gasteiger partial charge in [0.1, 0.15) is 11.4 Å². The van der Waals surface area contributed by atoms with Gasteiger partial charge in [-0.15, -0.1) is 0 Å². The topological polar surface area (TPSA) is 64.3 Å². The number of amides is 1. The monoisotopic (exact) mass is 240 g/mol. The molecule has 4 nitrogen and oxygen atoms in total. The zero-order valence-electron chi connectivity index (χ0n) is 10.00. The molecule has 94 valence electrons. The van der Waals surface area contributed by atoms with E-state index in [0.717, 1.165) is 0 Å². The van der Waals surface area contributed by atoms with Crippen LogP contribution in [0.4, 0.5) is 4.39 Å². The van der Waals surface area contributed by atoms with Crippen LogP contribution in [0, 0.1) is 5.82 Å². The number of hydrogen-bond donors (Lipinski definition) is 2. The molecule has 17 heavy (non-hydrogen) atoms. The SMILES string of the molecule is COCCNC(C)(C(N)=O)c1ccccc1F. The van der Waals surface area contributed by atoms with E-state index in [9.17, 15) is 9.18 Å². The number of rotatable bonds is 6. The number of halogens is 1. The summed E-state index contributed by atoms with van der Waals surface area (Å²) < 4.78 is 18.6. The summed E-state index contributed by atoms with van der Waals surface area (Å²) in [6, 6.07) is 6.07. The summed E-state index contributed by atoms with van der Waals surface area (Å²) in [6.07, 6.45) is 0. The van der Waals surface area contributed by atoms with Crippen molar-refractivity contribution in [3.05, 3.63) is 35.6 Å². The van der Waals surface area contributed by atoms with E-state index in [4.69, 9.17) is 10.5 Å². The largest absolute Gasteiger partial charge is 0.383 e. The van der Waals surface area contributed by atoms with Crippen molar-refractivity contribution in [3.63, 3.8) is 0 Å². The highest BCUT2D eigenvalue weighted by Crippen LogP contribution is 2.22. The van der Waals surface area contributed by atoms with Crippen LogP contribution in [0.1, 0.15) is 12.5 Å². The van der Waals surface area contributed by atoms with Crippen LogP contribution in [0.25, 0.3) is 0 Å². The maximum atomic E-state index is 13.7. The summed E-state index contributed by atoms with van der Waals surface area (Å²) in [5.41, 5.74) is 4.35. The molecule has 1 rings (SSSR count). The lowest BCUT2D eigenvalue weighted by Crippen LogP contribution is -2.51.